The lowest BCUT2D eigenvalue weighted by Crippen LogP contribution is -2.14. The Hall–Kier alpha value is -0.540. The maximum Gasteiger partial charge on any atom is 0.133 e. The van der Waals surface area contributed by atoms with Gasteiger partial charge >= 0.3 is 0 Å². The number of hydrogen-bond acceptors (Lipinski definition) is 2. The van der Waals surface area contributed by atoms with Gasteiger partial charge in [0.15, 0.2) is 0 Å². The summed E-state index contributed by atoms with van der Waals surface area (Å²) in [6, 6.07) is 6.50. The van der Waals surface area contributed by atoms with Gasteiger partial charge in [0.1, 0.15) is 5.75 Å². The van der Waals surface area contributed by atoms with E-state index < -0.39 is 0 Å². The standard InChI is InChI=1S/C12H18BrNO/c1-9(14)4-3-5-10-6-7-12(15-2)11(13)8-10/h6-9H,3-5,14H2,1-2H3/t9-/m1/s1. The summed E-state index contributed by atoms with van der Waals surface area (Å²) in [7, 11) is 1.68. The zero-order valence-electron chi connectivity index (χ0n) is 9.29. The lowest BCUT2D eigenvalue weighted by Gasteiger charge is -2.07. The van der Waals surface area contributed by atoms with Crippen molar-refractivity contribution in [3.63, 3.8) is 0 Å². The zero-order valence-corrected chi connectivity index (χ0v) is 10.9. The van der Waals surface area contributed by atoms with Crippen molar-refractivity contribution in [1.29, 1.82) is 0 Å². The molecule has 0 aliphatic heterocycles. The van der Waals surface area contributed by atoms with Crippen LogP contribution in [0.2, 0.25) is 0 Å². The van der Waals surface area contributed by atoms with Crippen LogP contribution in [-0.4, -0.2) is 13.2 Å². The monoisotopic (exact) mass is 271 g/mol. The number of benzene rings is 1. The van der Waals surface area contributed by atoms with Crippen molar-refractivity contribution in [2.45, 2.75) is 32.2 Å². The normalized spacial score (nSPS) is 12.5. The molecule has 0 spiro atoms. The fourth-order valence-corrected chi connectivity index (χ4v) is 2.08. The third-order valence-electron chi connectivity index (χ3n) is 2.34. The van der Waals surface area contributed by atoms with Gasteiger partial charge in [-0.2, -0.15) is 0 Å². The molecule has 2 N–H and O–H groups in total. The van der Waals surface area contributed by atoms with Gasteiger partial charge in [0.05, 0.1) is 11.6 Å². The molecule has 0 radical (unpaired) electrons. The maximum atomic E-state index is 5.70. The van der Waals surface area contributed by atoms with E-state index in [-0.39, 0.29) is 0 Å². The van der Waals surface area contributed by atoms with Gasteiger partial charge in [0.2, 0.25) is 0 Å². The highest BCUT2D eigenvalue weighted by atomic mass is 79.9. The molecule has 0 saturated heterocycles. The van der Waals surface area contributed by atoms with E-state index in [1.807, 2.05) is 13.0 Å². The van der Waals surface area contributed by atoms with Crippen LogP contribution in [-0.2, 0) is 6.42 Å². The molecule has 84 valence electrons. The van der Waals surface area contributed by atoms with Crippen LogP contribution in [0.25, 0.3) is 0 Å². The molecule has 1 aromatic carbocycles. The average molecular weight is 272 g/mol. The van der Waals surface area contributed by atoms with E-state index in [0.29, 0.717) is 6.04 Å². The zero-order chi connectivity index (χ0) is 11.3. The minimum absolute atomic E-state index is 0.298. The molecule has 3 heteroatoms. The summed E-state index contributed by atoms with van der Waals surface area (Å²) in [5, 5.41) is 0. The van der Waals surface area contributed by atoms with E-state index in [1.165, 1.54) is 5.56 Å². The highest BCUT2D eigenvalue weighted by Crippen LogP contribution is 2.26. The molecule has 1 atom stereocenters. The molecule has 2 nitrogen and oxygen atoms in total. The number of rotatable bonds is 5. The molecule has 0 aromatic heterocycles. The summed E-state index contributed by atoms with van der Waals surface area (Å²) >= 11 is 3.48. The minimum atomic E-state index is 0.298. The van der Waals surface area contributed by atoms with Crippen LogP contribution in [0.5, 0.6) is 5.75 Å². The molecule has 0 bridgehead atoms. The van der Waals surface area contributed by atoms with E-state index in [1.54, 1.807) is 7.11 Å². The predicted octanol–water partition coefficient (Wildman–Crippen LogP) is 3.13. The van der Waals surface area contributed by atoms with Crippen molar-refractivity contribution < 1.29 is 4.74 Å². The smallest absolute Gasteiger partial charge is 0.133 e. The van der Waals surface area contributed by atoms with Crippen LogP contribution in [0.1, 0.15) is 25.3 Å². The topological polar surface area (TPSA) is 35.2 Å². The Bertz CT molecular complexity index is 312. The van der Waals surface area contributed by atoms with E-state index in [9.17, 15) is 0 Å². The molecular formula is C12H18BrNO. The van der Waals surface area contributed by atoms with Crippen molar-refractivity contribution in [1.82, 2.24) is 0 Å². The first kappa shape index (κ1) is 12.5. The van der Waals surface area contributed by atoms with Crippen molar-refractivity contribution >= 4 is 15.9 Å². The largest absolute Gasteiger partial charge is 0.496 e. The van der Waals surface area contributed by atoms with Crippen molar-refractivity contribution in [3.05, 3.63) is 28.2 Å². The summed E-state index contributed by atoms with van der Waals surface area (Å²) < 4.78 is 6.19. The van der Waals surface area contributed by atoms with Gasteiger partial charge in [0.25, 0.3) is 0 Å². The predicted molar refractivity (Wildman–Crippen MR) is 67.3 cm³/mol. The number of aryl methyl sites for hydroxylation is 1. The Balaban J connectivity index is 2.52. The Kier molecular flexibility index (Phi) is 5.12. The van der Waals surface area contributed by atoms with Gasteiger partial charge in [-0.3, -0.25) is 0 Å². The number of halogens is 1. The van der Waals surface area contributed by atoms with Gasteiger partial charge < -0.3 is 10.5 Å². The highest BCUT2D eigenvalue weighted by Gasteiger charge is 2.01. The molecule has 0 amide bonds. The molecule has 0 aliphatic carbocycles. The minimum Gasteiger partial charge on any atom is -0.496 e. The Morgan fingerprint density at radius 2 is 2.20 bits per heavy atom. The lowest BCUT2D eigenvalue weighted by molar-refractivity contribution is 0.412. The molecule has 0 aliphatic rings. The molecule has 0 unspecified atom stereocenters. The Morgan fingerprint density at radius 1 is 1.47 bits per heavy atom. The Labute approximate surface area is 99.9 Å². The van der Waals surface area contributed by atoms with Gasteiger partial charge in [-0.05, 0) is 59.8 Å². The number of ether oxygens (including phenoxy) is 1. The second kappa shape index (κ2) is 6.13. The van der Waals surface area contributed by atoms with Crippen LogP contribution in [0.15, 0.2) is 22.7 Å². The van der Waals surface area contributed by atoms with Crippen molar-refractivity contribution in [2.75, 3.05) is 7.11 Å². The van der Waals surface area contributed by atoms with Crippen LogP contribution < -0.4 is 10.5 Å². The number of nitrogens with two attached hydrogens (primary N) is 1. The van der Waals surface area contributed by atoms with E-state index in [0.717, 1.165) is 29.5 Å². The first-order chi connectivity index (χ1) is 7.13. The fraction of sp³-hybridized carbons (Fsp3) is 0.500. The molecule has 0 saturated carbocycles. The average Bonchev–Trinajstić information content (AvgIpc) is 2.17. The quantitative estimate of drug-likeness (QED) is 0.893. The van der Waals surface area contributed by atoms with E-state index >= 15 is 0 Å². The summed E-state index contributed by atoms with van der Waals surface area (Å²) in [4.78, 5) is 0. The first-order valence-electron chi connectivity index (χ1n) is 5.21. The van der Waals surface area contributed by atoms with Gasteiger partial charge in [-0.15, -0.1) is 0 Å². The maximum absolute atomic E-state index is 5.70. The SMILES string of the molecule is COc1ccc(CCC[C@@H](C)N)cc1Br. The summed E-state index contributed by atoms with van der Waals surface area (Å²) in [6.45, 7) is 2.05. The van der Waals surface area contributed by atoms with Gasteiger partial charge in [0, 0.05) is 6.04 Å². The van der Waals surface area contributed by atoms with E-state index in [4.69, 9.17) is 10.5 Å². The lowest BCUT2D eigenvalue weighted by atomic mass is 10.1. The summed E-state index contributed by atoms with van der Waals surface area (Å²) in [5.41, 5.74) is 7.03. The molecule has 0 heterocycles. The number of hydrogen-bond donors (Lipinski definition) is 1. The van der Waals surface area contributed by atoms with E-state index in [2.05, 4.69) is 28.1 Å². The summed E-state index contributed by atoms with van der Waals surface area (Å²) in [6.07, 6.45) is 3.28. The first-order valence-corrected chi connectivity index (χ1v) is 6.00. The molecular weight excluding hydrogens is 254 g/mol. The number of methoxy groups -OCH3 is 1. The summed E-state index contributed by atoms with van der Waals surface area (Å²) in [5.74, 6) is 0.881. The molecule has 15 heavy (non-hydrogen) atoms. The second-order valence-electron chi connectivity index (χ2n) is 3.84. The van der Waals surface area contributed by atoms with Crippen molar-refractivity contribution in [2.24, 2.45) is 5.73 Å². The second-order valence-corrected chi connectivity index (χ2v) is 4.69. The van der Waals surface area contributed by atoms with Crippen molar-refractivity contribution in [3.8, 4) is 5.75 Å². The fourth-order valence-electron chi connectivity index (χ4n) is 1.49. The highest BCUT2D eigenvalue weighted by molar-refractivity contribution is 9.10. The molecule has 1 rings (SSSR count). The molecule has 1 aromatic rings. The molecule has 0 fully saturated rings. The van der Waals surface area contributed by atoms with Crippen LogP contribution in [0.3, 0.4) is 0 Å². The van der Waals surface area contributed by atoms with Crippen LogP contribution >= 0.6 is 15.9 Å². The van der Waals surface area contributed by atoms with Crippen LogP contribution in [0, 0.1) is 0 Å². The van der Waals surface area contributed by atoms with Crippen LogP contribution in [0.4, 0.5) is 0 Å². The third-order valence-corrected chi connectivity index (χ3v) is 2.96. The Morgan fingerprint density at radius 3 is 2.73 bits per heavy atom. The third kappa shape index (κ3) is 4.22. The van der Waals surface area contributed by atoms with Gasteiger partial charge in [-0.25, -0.2) is 0 Å². The van der Waals surface area contributed by atoms with Gasteiger partial charge in [-0.1, -0.05) is 6.07 Å².